The van der Waals surface area contributed by atoms with Crippen molar-refractivity contribution in [3.05, 3.63) is 0 Å². The fourth-order valence-electron chi connectivity index (χ4n) is 0.308. The molecule has 0 aromatic heterocycles. The lowest BCUT2D eigenvalue weighted by atomic mass is 10.2. The van der Waals surface area contributed by atoms with E-state index in [4.69, 9.17) is 20.4 Å². The van der Waals surface area contributed by atoms with Gasteiger partial charge in [0.05, 0.1) is 12.5 Å². The van der Waals surface area contributed by atoms with Crippen LogP contribution in [0, 0.1) is 5.92 Å². The van der Waals surface area contributed by atoms with E-state index >= 15 is 0 Å². The summed E-state index contributed by atoms with van der Waals surface area (Å²) in [7, 11) is 0. The summed E-state index contributed by atoms with van der Waals surface area (Å²) >= 11 is 0. The standard InChI is InChI=1S/2C4H8O3/c1-3(2-5)4(6)7;5-3-1-2-4(6)7/h3,5H,2H2,1H3,(H,6,7);5H,1-3H2,(H,6,7). The highest BCUT2D eigenvalue weighted by Gasteiger charge is 2.06. The first kappa shape index (κ1) is 15.3. The first-order valence-corrected chi connectivity index (χ1v) is 4.12. The van der Waals surface area contributed by atoms with Crippen LogP contribution in [0.4, 0.5) is 0 Å². The zero-order valence-corrected chi connectivity index (χ0v) is 8.01. The second kappa shape index (κ2) is 9.94. The van der Waals surface area contributed by atoms with Gasteiger partial charge >= 0.3 is 11.9 Å². The third kappa shape index (κ3) is 13.4. The highest BCUT2D eigenvalue weighted by Crippen LogP contribution is 1.88. The van der Waals surface area contributed by atoms with Crippen LogP contribution in [0.15, 0.2) is 0 Å². The van der Waals surface area contributed by atoms with Crippen LogP contribution in [0.5, 0.6) is 0 Å². The molecule has 0 bridgehead atoms. The molecule has 0 rings (SSSR count). The Morgan fingerprint density at radius 3 is 1.79 bits per heavy atom. The quantitative estimate of drug-likeness (QED) is 0.486. The van der Waals surface area contributed by atoms with Crippen LogP contribution in [-0.2, 0) is 9.59 Å². The molecule has 0 aliphatic carbocycles. The van der Waals surface area contributed by atoms with Gasteiger partial charge in [-0.1, -0.05) is 0 Å². The predicted molar refractivity (Wildman–Crippen MR) is 47.8 cm³/mol. The highest BCUT2D eigenvalue weighted by molar-refractivity contribution is 5.69. The van der Waals surface area contributed by atoms with Gasteiger partial charge < -0.3 is 20.4 Å². The first-order chi connectivity index (χ1) is 6.45. The van der Waals surface area contributed by atoms with Crippen LogP contribution in [0.2, 0.25) is 0 Å². The Bertz CT molecular complexity index is 167. The lowest BCUT2D eigenvalue weighted by Gasteiger charge is -1.95. The van der Waals surface area contributed by atoms with E-state index in [0.717, 1.165) is 0 Å². The fourth-order valence-corrected chi connectivity index (χ4v) is 0.308. The van der Waals surface area contributed by atoms with Crippen molar-refractivity contribution in [3.63, 3.8) is 0 Å². The van der Waals surface area contributed by atoms with Crippen LogP contribution in [0.3, 0.4) is 0 Å². The topological polar surface area (TPSA) is 115 Å². The summed E-state index contributed by atoms with van der Waals surface area (Å²) in [5.74, 6) is -2.43. The van der Waals surface area contributed by atoms with Crippen LogP contribution in [-0.4, -0.2) is 45.6 Å². The van der Waals surface area contributed by atoms with Gasteiger partial charge in [0.15, 0.2) is 0 Å². The number of aliphatic carboxylic acids is 2. The molecule has 0 saturated heterocycles. The number of carboxylic acids is 2. The molecule has 4 N–H and O–H groups in total. The maximum atomic E-state index is 9.77. The van der Waals surface area contributed by atoms with Gasteiger partial charge in [-0.05, 0) is 13.3 Å². The van der Waals surface area contributed by atoms with Crippen LogP contribution in [0.25, 0.3) is 0 Å². The number of carbonyl (C=O) groups is 2. The SMILES string of the molecule is CC(CO)C(=O)O.O=C(O)CCCO. The maximum Gasteiger partial charge on any atom is 0.308 e. The molecular weight excluding hydrogens is 192 g/mol. The summed E-state index contributed by atoms with van der Waals surface area (Å²) < 4.78 is 0. The predicted octanol–water partition coefficient (Wildman–Crippen LogP) is -0.457. The number of hydrogen-bond acceptors (Lipinski definition) is 4. The average molecular weight is 208 g/mol. The number of rotatable bonds is 5. The van der Waals surface area contributed by atoms with Crippen LogP contribution < -0.4 is 0 Å². The number of aliphatic hydroxyl groups excluding tert-OH is 2. The lowest BCUT2D eigenvalue weighted by molar-refractivity contribution is -0.142. The van der Waals surface area contributed by atoms with Crippen LogP contribution >= 0.6 is 0 Å². The minimum atomic E-state index is -0.956. The molecule has 1 unspecified atom stereocenters. The van der Waals surface area contributed by atoms with E-state index in [2.05, 4.69) is 0 Å². The monoisotopic (exact) mass is 208 g/mol. The molecule has 0 aliphatic rings. The minimum absolute atomic E-state index is 0.0354. The van der Waals surface area contributed by atoms with Crippen molar-refractivity contribution in [3.8, 4) is 0 Å². The third-order valence-electron chi connectivity index (χ3n) is 1.24. The number of hydrogen-bond donors (Lipinski definition) is 4. The molecule has 0 aliphatic heterocycles. The second-order valence-corrected chi connectivity index (χ2v) is 2.64. The Kier molecular flexibility index (Phi) is 10.9. The fraction of sp³-hybridized carbons (Fsp3) is 0.750. The molecule has 0 fully saturated rings. The summed E-state index contributed by atoms with van der Waals surface area (Å²) in [6, 6.07) is 0. The Labute approximate surface area is 81.8 Å². The van der Waals surface area contributed by atoms with Gasteiger partial charge in [-0.25, -0.2) is 0 Å². The molecule has 6 nitrogen and oxygen atoms in total. The molecule has 0 radical (unpaired) electrons. The summed E-state index contributed by atoms with van der Waals surface area (Å²) in [6.07, 6.45) is 0.422. The van der Waals surface area contributed by atoms with Gasteiger partial charge in [-0.3, -0.25) is 9.59 Å². The second-order valence-electron chi connectivity index (χ2n) is 2.64. The Morgan fingerprint density at radius 2 is 1.71 bits per heavy atom. The molecular formula is C8H16O6. The van der Waals surface area contributed by atoms with Gasteiger partial charge in [-0.15, -0.1) is 0 Å². The minimum Gasteiger partial charge on any atom is -0.481 e. The number of aliphatic hydroxyl groups is 2. The van der Waals surface area contributed by atoms with E-state index in [1.54, 1.807) is 0 Å². The van der Waals surface area contributed by atoms with Gasteiger partial charge in [0, 0.05) is 13.0 Å². The van der Waals surface area contributed by atoms with Gasteiger partial charge in [0.2, 0.25) is 0 Å². The van der Waals surface area contributed by atoms with Crippen molar-refractivity contribution in [1.29, 1.82) is 0 Å². The van der Waals surface area contributed by atoms with E-state index in [9.17, 15) is 9.59 Å². The average Bonchev–Trinajstić information content (AvgIpc) is 2.14. The third-order valence-corrected chi connectivity index (χ3v) is 1.24. The number of carboxylic acid groups (broad SMARTS) is 2. The lowest BCUT2D eigenvalue weighted by Crippen LogP contribution is -2.12. The van der Waals surface area contributed by atoms with Crippen molar-refractivity contribution >= 4 is 11.9 Å². The van der Waals surface area contributed by atoms with Crippen LogP contribution in [0.1, 0.15) is 19.8 Å². The maximum absolute atomic E-state index is 9.77. The first-order valence-electron chi connectivity index (χ1n) is 4.12. The molecule has 0 heterocycles. The summed E-state index contributed by atoms with van der Waals surface area (Å²) in [5, 5.41) is 32.1. The summed E-state index contributed by atoms with van der Waals surface area (Å²) in [4.78, 5) is 19.4. The van der Waals surface area contributed by atoms with Crippen molar-refractivity contribution < 1.29 is 30.0 Å². The normalized spacial score (nSPS) is 11.1. The molecule has 6 heteroatoms. The molecule has 0 amide bonds. The molecule has 14 heavy (non-hydrogen) atoms. The van der Waals surface area contributed by atoms with E-state index in [1.165, 1.54) is 6.92 Å². The van der Waals surface area contributed by atoms with E-state index in [-0.39, 0.29) is 19.6 Å². The molecule has 0 aromatic rings. The summed E-state index contributed by atoms with van der Waals surface area (Å²) in [5.41, 5.74) is 0. The Morgan fingerprint density at radius 1 is 1.21 bits per heavy atom. The van der Waals surface area contributed by atoms with Crippen molar-refractivity contribution in [2.45, 2.75) is 19.8 Å². The molecule has 0 saturated carbocycles. The van der Waals surface area contributed by atoms with E-state index in [1.807, 2.05) is 0 Å². The van der Waals surface area contributed by atoms with Gasteiger partial charge in [0.25, 0.3) is 0 Å². The summed E-state index contributed by atoms with van der Waals surface area (Å²) in [6.45, 7) is 1.13. The molecule has 0 spiro atoms. The molecule has 1 atom stereocenters. The van der Waals surface area contributed by atoms with Crippen molar-refractivity contribution in [2.75, 3.05) is 13.2 Å². The van der Waals surface area contributed by atoms with Crippen molar-refractivity contribution in [1.82, 2.24) is 0 Å². The largest absolute Gasteiger partial charge is 0.481 e. The molecule has 0 aromatic carbocycles. The zero-order valence-electron chi connectivity index (χ0n) is 8.01. The smallest absolute Gasteiger partial charge is 0.308 e. The Hall–Kier alpha value is -1.14. The Balaban J connectivity index is 0. The van der Waals surface area contributed by atoms with Crippen molar-refractivity contribution in [2.24, 2.45) is 5.92 Å². The van der Waals surface area contributed by atoms with E-state index in [0.29, 0.717) is 6.42 Å². The van der Waals surface area contributed by atoms with E-state index < -0.39 is 17.9 Å². The highest BCUT2D eigenvalue weighted by atomic mass is 16.4. The zero-order chi connectivity index (χ0) is 11.6. The van der Waals surface area contributed by atoms with Gasteiger partial charge in [-0.2, -0.15) is 0 Å². The molecule has 84 valence electrons. The van der Waals surface area contributed by atoms with Gasteiger partial charge in [0.1, 0.15) is 0 Å².